The van der Waals surface area contributed by atoms with Crippen LogP contribution in [-0.4, -0.2) is 51.5 Å². The summed E-state index contributed by atoms with van der Waals surface area (Å²) < 4.78 is 6.13. The quantitative estimate of drug-likeness (QED) is 0.487. The minimum atomic E-state index is -0.976. The number of ether oxygens (including phenoxy) is 1. The Hall–Kier alpha value is -3.45. The van der Waals surface area contributed by atoms with Crippen molar-refractivity contribution < 1.29 is 14.6 Å². The molecule has 2 saturated heterocycles. The third-order valence-electron chi connectivity index (χ3n) is 7.28. The molecule has 1 aromatic heterocycles. The summed E-state index contributed by atoms with van der Waals surface area (Å²) in [5.74, 6) is 0.926. The normalized spacial score (nSPS) is 21.1. The van der Waals surface area contributed by atoms with E-state index in [2.05, 4.69) is 15.1 Å². The molecule has 2 aliphatic heterocycles. The summed E-state index contributed by atoms with van der Waals surface area (Å²) in [6, 6.07) is 21.8. The van der Waals surface area contributed by atoms with Gasteiger partial charge in [-0.25, -0.2) is 4.79 Å². The Morgan fingerprint density at radius 2 is 1.72 bits per heavy atom. The van der Waals surface area contributed by atoms with Crippen molar-refractivity contribution in [2.45, 2.75) is 57.3 Å². The number of amides is 1. The minimum absolute atomic E-state index is 0.151. The van der Waals surface area contributed by atoms with Gasteiger partial charge in [0.25, 0.3) is 0 Å². The molecular weight excluding hydrogens is 452 g/mol. The number of hydrogen-bond acceptors (Lipinski definition) is 6. The minimum Gasteiger partial charge on any atom is -0.438 e. The monoisotopic (exact) mass is 486 g/mol. The van der Waals surface area contributed by atoms with Crippen molar-refractivity contribution >= 4 is 11.9 Å². The summed E-state index contributed by atoms with van der Waals surface area (Å²) in [4.78, 5) is 17.3. The van der Waals surface area contributed by atoms with E-state index in [1.165, 1.54) is 6.42 Å². The molecule has 2 unspecified atom stereocenters. The molecule has 2 aliphatic rings. The Bertz CT molecular complexity index is 1190. The predicted molar refractivity (Wildman–Crippen MR) is 140 cm³/mol. The molecule has 0 saturated carbocycles. The van der Waals surface area contributed by atoms with Crippen LogP contribution in [0.25, 0.3) is 11.3 Å². The Kier molecular flexibility index (Phi) is 6.43. The second-order valence-corrected chi connectivity index (χ2v) is 10.6. The molecule has 5 rings (SSSR count). The van der Waals surface area contributed by atoms with E-state index in [0.29, 0.717) is 19.4 Å². The molecule has 36 heavy (non-hydrogen) atoms. The van der Waals surface area contributed by atoms with E-state index in [-0.39, 0.29) is 12.1 Å². The van der Waals surface area contributed by atoms with E-state index in [0.717, 1.165) is 41.3 Å². The lowest BCUT2D eigenvalue weighted by Crippen LogP contribution is -2.51. The zero-order valence-electron chi connectivity index (χ0n) is 21.2. The molecule has 7 heteroatoms. The van der Waals surface area contributed by atoms with E-state index in [1.807, 2.05) is 73.7 Å². The van der Waals surface area contributed by atoms with E-state index < -0.39 is 11.2 Å². The van der Waals surface area contributed by atoms with Gasteiger partial charge in [0, 0.05) is 38.0 Å². The number of benzene rings is 2. The van der Waals surface area contributed by atoms with Gasteiger partial charge in [0.2, 0.25) is 0 Å². The lowest BCUT2D eigenvalue weighted by molar-refractivity contribution is -0.101. The van der Waals surface area contributed by atoms with E-state index in [4.69, 9.17) is 4.74 Å². The van der Waals surface area contributed by atoms with Gasteiger partial charge in [0.1, 0.15) is 5.60 Å². The summed E-state index contributed by atoms with van der Waals surface area (Å²) in [6.45, 7) is 8.16. The van der Waals surface area contributed by atoms with Crippen LogP contribution in [0.3, 0.4) is 0 Å². The molecule has 2 aromatic carbocycles. The fourth-order valence-corrected chi connectivity index (χ4v) is 5.20. The summed E-state index contributed by atoms with van der Waals surface area (Å²) in [5, 5.41) is 19.4. The molecule has 0 bridgehead atoms. The van der Waals surface area contributed by atoms with Crippen LogP contribution in [0.5, 0.6) is 0 Å². The van der Waals surface area contributed by atoms with Crippen LogP contribution in [0.15, 0.2) is 66.7 Å². The van der Waals surface area contributed by atoms with E-state index in [9.17, 15) is 9.90 Å². The number of aromatic nitrogens is 2. The first-order valence-electron chi connectivity index (χ1n) is 12.7. The standard InChI is InChI=1S/C29H34N4O3/c1-21(22-10-12-23(13-11-22)25-14-15-26(31-30-25)32-17-7-18-32)33-19-16-29(36-27(33)34,20-28(2,3)35)24-8-5-4-6-9-24/h4-6,8-15,21,35H,7,16-20H2,1-3H3. The number of carbonyl (C=O) groups excluding carboxylic acids is 1. The highest BCUT2D eigenvalue weighted by Crippen LogP contribution is 2.42. The lowest BCUT2D eigenvalue weighted by Gasteiger charge is -2.45. The molecule has 3 heterocycles. The summed E-state index contributed by atoms with van der Waals surface area (Å²) in [5.41, 5.74) is 1.93. The van der Waals surface area contributed by atoms with E-state index >= 15 is 0 Å². The molecular formula is C29H34N4O3. The molecule has 0 radical (unpaired) electrons. The third-order valence-corrected chi connectivity index (χ3v) is 7.28. The summed E-state index contributed by atoms with van der Waals surface area (Å²) >= 11 is 0. The predicted octanol–water partition coefficient (Wildman–Crippen LogP) is 5.31. The molecule has 1 amide bonds. The van der Waals surface area contributed by atoms with Crippen molar-refractivity contribution in [3.05, 3.63) is 77.9 Å². The van der Waals surface area contributed by atoms with Crippen LogP contribution in [0.2, 0.25) is 0 Å². The highest BCUT2D eigenvalue weighted by atomic mass is 16.6. The molecule has 3 aromatic rings. The SMILES string of the molecule is CC(c1ccc(-c2ccc(N3CCC3)nn2)cc1)N1CCC(CC(C)(C)O)(c2ccccc2)OC1=O. The van der Waals surface area contributed by atoms with Crippen molar-refractivity contribution in [1.29, 1.82) is 0 Å². The summed E-state index contributed by atoms with van der Waals surface area (Å²) in [7, 11) is 0. The van der Waals surface area contributed by atoms with Crippen LogP contribution in [-0.2, 0) is 10.3 Å². The number of nitrogens with zero attached hydrogens (tertiary/aromatic N) is 4. The van der Waals surface area contributed by atoms with Crippen LogP contribution in [0.1, 0.15) is 57.2 Å². The number of rotatable bonds is 7. The Morgan fingerprint density at radius 1 is 1.00 bits per heavy atom. The Labute approximate surface area is 212 Å². The Balaban J connectivity index is 1.30. The van der Waals surface area contributed by atoms with Crippen molar-refractivity contribution in [2.75, 3.05) is 24.5 Å². The molecule has 7 nitrogen and oxygen atoms in total. The molecule has 2 atom stereocenters. The smallest absolute Gasteiger partial charge is 0.411 e. The number of anilines is 1. The van der Waals surface area contributed by atoms with Crippen LogP contribution >= 0.6 is 0 Å². The van der Waals surface area contributed by atoms with Crippen LogP contribution < -0.4 is 4.90 Å². The van der Waals surface area contributed by atoms with Crippen molar-refractivity contribution in [3.63, 3.8) is 0 Å². The summed E-state index contributed by atoms with van der Waals surface area (Å²) in [6.07, 6.45) is 1.79. The van der Waals surface area contributed by atoms with Crippen molar-refractivity contribution in [1.82, 2.24) is 15.1 Å². The van der Waals surface area contributed by atoms with Crippen LogP contribution in [0, 0.1) is 0 Å². The van der Waals surface area contributed by atoms with Gasteiger partial charge in [-0.05, 0) is 50.5 Å². The van der Waals surface area contributed by atoms with E-state index in [1.54, 1.807) is 18.7 Å². The fourth-order valence-electron chi connectivity index (χ4n) is 5.20. The van der Waals surface area contributed by atoms with Crippen LogP contribution in [0.4, 0.5) is 10.6 Å². The topological polar surface area (TPSA) is 78.8 Å². The van der Waals surface area contributed by atoms with Gasteiger partial charge in [-0.15, -0.1) is 10.2 Å². The second-order valence-electron chi connectivity index (χ2n) is 10.6. The Morgan fingerprint density at radius 3 is 2.28 bits per heavy atom. The number of cyclic esters (lactones) is 1. The number of carbonyl (C=O) groups is 1. The molecule has 188 valence electrons. The average Bonchev–Trinajstić information content (AvgIpc) is 2.83. The number of aliphatic hydroxyl groups is 1. The maximum Gasteiger partial charge on any atom is 0.411 e. The fraction of sp³-hybridized carbons (Fsp3) is 0.414. The average molecular weight is 487 g/mol. The highest BCUT2D eigenvalue weighted by Gasteiger charge is 2.46. The maximum absolute atomic E-state index is 13.3. The van der Waals surface area contributed by atoms with Crippen molar-refractivity contribution in [3.8, 4) is 11.3 Å². The highest BCUT2D eigenvalue weighted by molar-refractivity contribution is 5.70. The molecule has 0 spiro atoms. The van der Waals surface area contributed by atoms with Gasteiger partial charge < -0.3 is 19.6 Å². The molecule has 1 N–H and O–H groups in total. The lowest BCUT2D eigenvalue weighted by atomic mass is 9.80. The van der Waals surface area contributed by atoms with Gasteiger partial charge in [-0.3, -0.25) is 0 Å². The maximum atomic E-state index is 13.3. The van der Waals surface area contributed by atoms with Crippen molar-refractivity contribution in [2.24, 2.45) is 0 Å². The van der Waals surface area contributed by atoms with Gasteiger partial charge in [0.05, 0.1) is 17.3 Å². The largest absolute Gasteiger partial charge is 0.438 e. The van der Waals surface area contributed by atoms with Gasteiger partial charge in [0.15, 0.2) is 5.82 Å². The first kappa shape index (κ1) is 24.3. The zero-order valence-corrected chi connectivity index (χ0v) is 21.2. The molecule has 0 aliphatic carbocycles. The molecule has 2 fully saturated rings. The number of hydrogen-bond donors (Lipinski definition) is 1. The zero-order chi connectivity index (χ0) is 25.3. The first-order valence-corrected chi connectivity index (χ1v) is 12.7. The van der Waals surface area contributed by atoms with Gasteiger partial charge >= 0.3 is 6.09 Å². The van der Waals surface area contributed by atoms with Gasteiger partial charge in [-0.1, -0.05) is 54.6 Å². The van der Waals surface area contributed by atoms with Gasteiger partial charge in [-0.2, -0.15) is 0 Å². The first-order chi connectivity index (χ1) is 17.2. The third kappa shape index (κ3) is 4.93. The second kappa shape index (κ2) is 9.54.